The summed E-state index contributed by atoms with van der Waals surface area (Å²) in [5.74, 6) is -0.145. The van der Waals surface area contributed by atoms with Crippen molar-refractivity contribution >= 4 is 0 Å². The van der Waals surface area contributed by atoms with Crippen molar-refractivity contribution in [2.24, 2.45) is 5.92 Å². The molecule has 2 saturated heterocycles. The molecule has 0 spiro atoms. The molecular weight excluding hydrogens is 264 g/mol. The van der Waals surface area contributed by atoms with Gasteiger partial charge in [-0.05, 0) is 45.0 Å². The van der Waals surface area contributed by atoms with E-state index in [1.54, 1.807) is 0 Å². The third-order valence-electron chi connectivity index (χ3n) is 5.34. The lowest BCUT2D eigenvalue weighted by Gasteiger charge is -2.52. The van der Waals surface area contributed by atoms with Gasteiger partial charge in [0.1, 0.15) is 0 Å². The Labute approximate surface area is 126 Å². The molecule has 4 heteroatoms. The number of hydrogen-bond donors (Lipinski definition) is 3. The van der Waals surface area contributed by atoms with Crippen LogP contribution in [0.2, 0.25) is 0 Å². The van der Waals surface area contributed by atoms with Crippen molar-refractivity contribution in [3.05, 3.63) is 35.9 Å². The molecule has 1 aromatic carbocycles. The van der Waals surface area contributed by atoms with E-state index in [-0.39, 0.29) is 5.92 Å². The molecule has 2 heterocycles. The molecule has 0 aliphatic carbocycles. The van der Waals surface area contributed by atoms with E-state index in [1.807, 2.05) is 30.3 Å². The molecule has 3 N–H and O–H groups in total. The third-order valence-corrected chi connectivity index (χ3v) is 5.34. The molecule has 0 aromatic heterocycles. The summed E-state index contributed by atoms with van der Waals surface area (Å²) in [5, 5.41) is 25.9. The second kappa shape index (κ2) is 5.69. The fourth-order valence-electron chi connectivity index (χ4n) is 3.98. The van der Waals surface area contributed by atoms with Crippen LogP contribution >= 0.6 is 0 Å². The molecule has 3 rings (SSSR count). The molecule has 2 aliphatic rings. The number of benzene rings is 1. The van der Waals surface area contributed by atoms with E-state index >= 15 is 0 Å². The maximum Gasteiger partial charge on any atom is 0.0976 e. The quantitative estimate of drug-likeness (QED) is 0.759. The third kappa shape index (κ3) is 2.73. The highest BCUT2D eigenvalue weighted by Gasteiger charge is 2.52. The zero-order chi connectivity index (χ0) is 14.9. The first-order valence-electron chi connectivity index (χ1n) is 7.94. The van der Waals surface area contributed by atoms with Gasteiger partial charge in [-0.3, -0.25) is 0 Å². The van der Waals surface area contributed by atoms with Gasteiger partial charge in [-0.2, -0.15) is 0 Å². The highest BCUT2D eigenvalue weighted by Crippen LogP contribution is 2.45. The van der Waals surface area contributed by atoms with Crippen LogP contribution in [-0.2, 0) is 5.60 Å². The largest absolute Gasteiger partial charge is 0.389 e. The number of nitrogens with one attached hydrogen (secondary N) is 1. The predicted octanol–water partition coefficient (Wildman–Crippen LogP) is 0.940. The monoisotopic (exact) mass is 290 g/mol. The molecule has 0 amide bonds. The minimum atomic E-state index is -0.931. The summed E-state index contributed by atoms with van der Waals surface area (Å²) >= 11 is 0. The highest BCUT2D eigenvalue weighted by atomic mass is 16.3. The van der Waals surface area contributed by atoms with E-state index in [9.17, 15) is 10.2 Å². The van der Waals surface area contributed by atoms with Crippen molar-refractivity contribution in [1.82, 2.24) is 10.2 Å². The lowest BCUT2D eigenvalue weighted by Crippen LogP contribution is -2.61. The van der Waals surface area contributed by atoms with Crippen LogP contribution in [0, 0.1) is 5.92 Å². The SMILES string of the molecule is CN1CC[C@](O)(c2ccccc2)[C@H](C2(O)CCNCC2)C1. The zero-order valence-electron chi connectivity index (χ0n) is 12.8. The van der Waals surface area contributed by atoms with Crippen molar-refractivity contribution < 1.29 is 10.2 Å². The molecule has 0 radical (unpaired) electrons. The van der Waals surface area contributed by atoms with Crippen LogP contribution in [0.3, 0.4) is 0 Å². The van der Waals surface area contributed by atoms with Crippen LogP contribution < -0.4 is 5.32 Å². The lowest BCUT2D eigenvalue weighted by atomic mass is 9.65. The van der Waals surface area contributed by atoms with Crippen LogP contribution in [0.1, 0.15) is 24.8 Å². The normalized spacial score (nSPS) is 33.8. The molecule has 116 valence electrons. The number of aliphatic hydroxyl groups is 2. The Morgan fingerprint density at radius 2 is 1.76 bits per heavy atom. The average molecular weight is 290 g/mol. The Bertz CT molecular complexity index is 473. The standard InChI is InChI=1S/C17H26N2O2/c1-19-12-9-17(21,14-5-3-2-4-6-14)15(13-19)16(20)7-10-18-11-8-16/h2-6,15,18,20-21H,7-13H2,1H3/t15-,17-/m0/s1. The zero-order valence-corrected chi connectivity index (χ0v) is 12.8. The van der Waals surface area contributed by atoms with Crippen LogP contribution in [-0.4, -0.2) is 53.9 Å². The number of piperidine rings is 2. The summed E-state index contributed by atoms with van der Waals surface area (Å²) < 4.78 is 0. The van der Waals surface area contributed by atoms with Crippen molar-refractivity contribution in [3.63, 3.8) is 0 Å². The average Bonchev–Trinajstić information content (AvgIpc) is 2.51. The van der Waals surface area contributed by atoms with Gasteiger partial charge < -0.3 is 20.4 Å². The second-order valence-corrected chi connectivity index (χ2v) is 6.71. The summed E-state index contributed by atoms with van der Waals surface area (Å²) in [5.41, 5.74) is -0.778. The Hall–Kier alpha value is -0.940. The summed E-state index contributed by atoms with van der Waals surface area (Å²) in [6.07, 6.45) is 2.09. The van der Waals surface area contributed by atoms with Gasteiger partial charge >= 0.3 is 0 Å². The maximum absolute atomic E-state index is 11.4. The minimum absolute atomic E-state index is 0.145. The summed E-state index contributed by atoms with van der Waals surface area (Å²) in [6.45, 7) is 3.24. The fraction of sp³-hybridized carbons (Fsp3) is 0.647. The number of nitrogens with zero attached hydrogens (tertiary/aromatic N) is 1. The predicted molar refractivity (Wildman–Crippen MR) is 83.0 cm³/mol. The van der Waals surface area contributed by atoms with Crippen LogP contribution in [0.5, 0.6) is 0 Å². The van der Waals surface area contributed by atoms with Crippen LogP contribution in [0.25, 0.3) is 0 Å². The number of rotatable bonds is 2. The van der Waals surface area contributed by atoms with Gasteiger partial charge in [-0.25, -0.2) is 0 Å². The lowest BCUT2D eigenvalue weighted by molar-refractivity contribution is -0.170. The molecule has 2 atom stereocenters. The first-order valence-corrected chi connectivity index (χ1v) is 7.94. The molecule has 21 heavy (non-hydrogen) atoms. The molecule has 1 aromatic rings. The minimum Gasteiger partial charge on any atom is -0.389 e. The highest BCUT2D eigenvalue weighted by molar-refractivity contribution is 5.26. The maximum atomic E-state index is 11.4. The van der Waals surface area contributed by atoms with Crippen molar-refractivity contribution in [2.75, 3.05) is 33.2 Å². The molecular formula is C17H26N2O2. The van der Waals surface area contributed by atoms with Gasteiger partial charge in [0.15, 0.2) is 0 Å². The van der Waals surface area contributed by atoms with Crippen molar-refractivity contribution in [3.8, 4) is 0 Å². The molecule has 4 nitrogen and oxygen atoms in total. The smallest absolute Gasteiger partial charge is 0.0976 e. The molecule has 2 fully saturated rings. The van der Waals surface area contributed by atoms with Crippen molar-refractivity contribution in [2.45, 2.75) is 30.5 Å². The molecule has 0 bridgehead atoms. The Kier molecular flexibility index (Phi) is 4.06. The molecule has 0 saturated carbocycles. The van der Waals surface area contributed by atoms with Gasteiger partial charge in [0, 0.05) is 19.0 Å². The Balaban J connectivity index is 1.96. The topological polar surface area (TPSA) is 55.7 Å². The Morgan fingerprint density at radius 3 is 2.43 bits per heavy atom. The fourth-order valence-corrected chi connectivity index (χ4v) is 3.98. The van der Waals surface area contributed by atoms with Gasteiger partial charge in [-0.15, -0.1) is 0 Å². The number of likely N-dealkylation sites (tertiary alicyclic amines) is 1. The van der Waals surface area contributed by atoms with Crippen LogP contribution in [0.15, 0.2) is 30.3 Å². The van der Waals surface area contributed by atoms with E-state index in [2.05, 4.69) is 17.3 Å². The second-order valence-electron chi connectivity index (χ2n) is 6.71. The van der Waals surface area contributed by atoms with E-state index in [0.29, 0.717) is 19.3 Å². The van der Waals surface area contributed by atoms with E-state index in [4.69, 9.17) is 0 Å². The summed E-state index contributed by atoms with van der Waals surface area (Å²) in [7, 11) is 2.07. The van der Waals surface area contributed by atoms with E-state index in [0.717, 1.165) is 31.7 Å². The van der Waals surface area contributed by atoms with Crippen LogP contribution in [0.4, 0.5) is 0 Å². The molecule has 0 unspecified atom stereocenters. The van der Waals surface area contributed by atoms with Crippen molar-refractivity contribution in [1.29, 1.82) is 0 Å². The van der Waals surface area contributed by atoms with E-state index < -0.39 is 11.2 Å². The first-order chi connectivity index (χ1) is 10.0. The number of hydrogen-bond acceptors (Lipinski definition) is 4. The summed E-state index contributed by atoms with van der Waals surface area (Å²) in [4.78, 5) is 2.22. The summed E-state index contributed by atoms with van der Waals surface area (Å²) in [6, 6.07) is 9.88. The Morgan fingerprint density at radius 1 is 1.10 bits per heavy atom. The van der Waals surface area contributed by atoms with Gasteiger partial charge in [0.05, 0.1) is 11.2 Å². The van der Waals surface area contributed by atoms with Gasteiger partial charge in [0.25, 0.3) is 0 Å². The van der Waals surface area contributed by atoms with Gasteiger partial charge in [-0.1, -0.05) is 30.3 Å². The van der Waals surface area contributed by atoms with E-state index in [1.165, 1.54) is 0 Å². The first kappa shape index (κ1) is 15.0. The van der Waals surface area contributed by atoms with Gasteiger partial charge in [0.2, 0.25) is 0 Å². The molecule has 2 aliphatic heterocycles.